The standard InChI is InChI=1S/C10H15N3O4/c1-7-9(13(15)16)10(14)11-12(7)8-4-2-3-5-17-6-8/h8H,2-6H2,1H3,(H,11,14). The van der Waals surface area contributed by atoms with Crippen LogP contribution in [0.25, 0.3) is 0 Å². The van der Waals surface area contributed by atoms with E-state index < -0.39 is 10.5 Å². The quantitative estimate of drug-likeness (QED) is 0.620. The zero-order chi connectivity index (χ0) is 12.4. The molecule has 0 spiro atoms. The highest BCUT2D eigenvalue weighted by atomic mass is 16.6. The summed E-state index contributed by atoms with van der Waals surface area (Å²) in [6.07, 6.45) is 2.85. The molecule has 1 atom stereocenters. The van der Waals surface area contributed by atoms with Crippen molar-refractivity contribution in [1.29, 1.82) is 0 Å². The van der Waals surface area contributed by atoms with Gasteiger partial charge in [0.1, 0.15) is 5.69 Å². The van der Waals surface area contributed by atoms with Gasteiger partial charge in [0.2, 0.25) is 0 Å². The van der Waals surface area contributed by atoms with Crippen LogP contribution in [0, 0.1) is 17.0 Å². The molecule has 1 saturated heterocycles. The second-order valence-corrected chi connectivity index (χ2v) is 4.23. The number of aromatic nitrogens is 2. The van der Waals surface area contributed by atoms with Crippen molar-refractivity contribution >= 4 is 5.69 Å². The first-order chi connectivity index (χ1) is 8.11. The molecule has 0 amide bonds. The minimum absolute atomic E-state index is 0.0149. The Hall–Kier alpha value is -1.63. The molecule has 0 bridgehead atoms. The zero-order valence-corrected chi connectivity index (χ0v) is 9.64. The van der Waals surface area contributed by atoms with Crippen LogP contribution in [0.5, 0.6) is 0 Å². The average Bonchev–Trinajstić information content (AvgIpc) is 2.48. The van der Waals surface area contributed by atoms with E-state index >= 15 is 0 Å². The minimum atomic E-state index is -0.642. The largest absolute Gasteiger partial charge is 0.379 e. The van der Waals surface area contributed by atoms with Gasteiger partial charge in [0.25, 0.3) is 0 Å². The maximum Gasteiger partial charge on any atom is 0.355 e. The third-order valence-electron chi connectivity index (χ3n) is 3.08. The zero-order valence-electron chi connectivity index (χ0n) is 9.64. The third-order valence-corrected chi connectivity index (χ3v) is 3.08. The number of nitrogens with zero attached hydrogens (tertiary/aromatic N) is 2. The van der Waals surface area contributed by atoms with Gasteiger partial charge in [0, 0.05) is 6.61 Å². The van der Waals surface area contributed by atoms with Crippen LogP contribution in [-0.4, -0.2) is 27.9 Å². The van der Waals surface area contributed by atoms with E-state index in [4.69, 9.17) is 4.74 Å². The molecule has 1 N–H and O–H groups in total. The maximum absolute atomic E-state index is 11.5. The summed E-state index contributed by atoms with van der Waals surface area (Å²) in [5, 5.41) is 13.3. The van der Waals surface area contributed by atoms with Crippen molar-refractivity contribution in [2.45, 2.75) is 32.2 Å². The van der Waals surface area contributed by atoms with E-state index in [-0.39, 0.29) is 11.7 Å². The van der Waals surface area contributed by atoms with Gasteiger partial charge in [-0.1, -0.05) is 0 Å². The molecule has 2 rings (SSSR count). The van der Waals surface area contributed by atoms with Crippen molar-refractivity contribution in [3.05, 3.63) is 26.2 Å². The van der Waals surface area contributed by atoms with Crippen LogP contribution in [-0.2, 0) is 4.74 Å². The molecule has 0 aromatic carbocycles. The summed E-state index contributed by atoms with van der Waals surface area (Å²) < 4.78 is 6.99. The van der Waals surface area contributed by atoms with E-state index in [9.17, 15) is 14.9 Å². The first-order valence-electron chi connectivity index (χ1n) is 5.64. The number of nitro groups is 1. The first kappa shape index (κ1) is 11.8. The van der Waals surface area contributed by atoms with Gasteiger partial charge < -0.3 is 4.74 Å². The monoisotopic (exact) mass is 241 g/mol. The number of H-pyrrole nitrogens is 1. The molecule has 0 saturated carbocycles. The third kappa shape index (κ3) is 2.23. The van der Waals surface area contributed by atoms with E-state index in [0.29, 0.717) is 18.9 Å². The second-order valence-electron chi connectivity index (χ2n) is 4.23. The summed E-state index contributed by atoms with van der Waals surface area (Å²) in [4.78, 5) is 21.6. The molecule has 7 nitrogen and oxygen atoms in total. The number of aromatic amines is 1. The molecular formula is C10H15N3O4. The van der Waals surface area contributed by atoms with E-state index in [1.165, 1.54) is 0 Å². The predicted molar refractivity (Wildman–Crippen MR) is 60.2 cm³/mol. The lowest BCUT2D eigenvalue weighted by Crippen LogP contribution is -2.18. The highest BCUT2D eigenvalue weighted by Crippen LogP contribution is 2.22. The lowest BCUT2D eigenvalue weighted by molar-refractivity contribution is -0.386. The second kappa shape index (κ2) is 4.70. The van der Waals surface area contributed by atoms with Gasteiger partial charge in [-0.3, -0.25) is 24.7 Å². The Labute approximate surface area is 97.5 Å². The van der Waals surface area contributed by atoms with Crippen LogP contribution < -0.4 is 5.56 Å². The van der Waals surface area contributed by atoms with Gasteiger partial charge in [0.15, 0.2) is 0 Å². The number of nitrogens with one attached hydrogen (secondary N) is 1. The van der Waals surface area contributed by atoms with E-state index in [2.05, 4.69) is 5.10 Å². The Morgan fingerprint density at radius 1 is 1.53 bits per heavy atom. The summed E-state index contributed by atoms with van der Waals surface area (Å²) in [6.45, 7) is 2.78. The van der Waals surface area contributed by atoms with E-state index in [1.807, 2.05) is 0 Å². The molecule has 17 heavy (non-hydrogen) atoms. The summed E-state index contributed by atoms with van der Waals surface area (Å²) in [5.74, 6) is 0. The smallest absolute Gasteiger partial charge is 0.355 e. The molecule has 1 unspecified atom stereocenters. The van der Waals surface area contributed by atoms with Crippen molar-refractivity contribution in [1.82, 2.24) is 9.78 Å². The predicted octanol–water partition coefficient (Wildman–Crippen LogP) is 1.13. The fourth-order valence-electron chi connectivity index (χ4n) is 2.20. The van der Waals surface area contributed by atoms with Crippen LogP contribution in [0.1, 0.15) is 31.0 Å². The Morgan fingerprint density at radius 2 is 2.29 bits per heavy atom. The minimum Gasteiger partial charge on any atom is -0.379 e. The highest BCUT2D eigenvalue weighted by molar-refractivity contribution is 5.32. The molecule has 1 fully saturated rings. The molecular weight excluding hydrogens is 226 g/mol. The van der Waals surface area contributed by atoms with Crippen molar-refractivity contribution in [2.75, 3.05) is 13.2 Å². The van der Waals surface area contributed by atoms with Gasteiger partial charge in [0.05, 0.1) is 17.6 Å². The normalized spacial score (nSPS) is 21.1. The summed E-state index contributed by atoms with van der Waals surface area (Å²) >= 11 is 0. The Bertz CT molecular complexity index is 468. The van der Waals surface area contributed by atoms with E-state index in [0.717, 1.165) is 19.3 Å². The van der Waals surface area contributed by atoms with Crippen molar-refractivity contribution in [2.24, 2.45) is 0 Å². The Kier molecular flexibility index (Phi) is 3.28. The van der Waals surface area contributed by atoms with Crippen LogP contribution >= 0.6 is 0 Å². The molecule has 0 radical (unpaired) electrons. The number of hydrogen-bond donors (Lipinski definition) is 1. The maximum atomic E-state index is 11.5. The molecule has 1 aromatic rings. The van der Waals surface area contributed by atoms with Gasteiger partial charge in [-0.25, -0.2) is 0 Å². The van der Waals surface area contributed by atoms with Gasteiger partial charge in [-0.2, -0.15) is 0 Å². The molecule has 7 heteroatoms. The van der Waals surface area contributed by atoms with Crippen LogP contribution in [0.2, 0.25) is 0 Å². The fraction of sp³-hybridized carbons (Fsp3) is 0.700. The number of hydrogen-bond acceptors (Lipinski definition) is 4. The van der Waals surface area contributed by atoms with Crippen LogP contribution in [0.15, 0.2) is 4.79 Å². The first-order valence-corrected chi connectivity index (χ1v) is 5.64. The van der Waals surface area contributed by atoms with Crippen LogP contribution in [0.4, 0.5) is 5.69 Å². The molecule has 1 aromatic heterocycles. The molecule has 2 heterocycles. The van der Waals surface area contributed by atoms with Gasteiger partial charge in [-0.05, 0) is 26.2 Å². The fourth-order valence-corrected chi connectivity index (χ4v) is 2.20. The van der Waals surface area contributed by atoms with Gasteiger partial charge in [-0.15, -0.1) is 0 Å². The van der Waals surface area contributed by atoms with Crippen LogP contribution in [0.3, 0.4) is 0 Å². The SMILES string of the molecule is Cc1c([N+](=O)[O-])c(=O)[nH]n1C1CCCCOC1. The Balaban J connectivity index is 2.35. The molecule has 1 aliphatic heterocycles. The summed E-state index contributed by atoms with van der Waals surface area (Å²) in [6, 6.07) is -0.0149. The molecule has 1 aliphatic rings. The molecule has 0 aliphatic carbocycles. The van der Waals surface area contributed by atoms with Crippen molar-refractivity contribution < 1.29 is 9.66 Å². The average molecular weight is 241 g/mol. The van der Waals surface area contributed by atoms with Gasteiger partial charge >= 0.3 is 11.2 Å². The summed E-state index contributed by atoms with van der Waals surface area (Å²) in [7, 11) is 0. The summed E-state index contributed by atoms with van der Waals surface area (Å²) in [5.41, 5.74) is -0.638. The molecule has 94 valence electrons. The topological polar surface area (TPSA) is 90.2 Å². The van der Waals surface area contributed by atoms with E-state index in [1.54, 1.807) is 11.6 Å². The Morgan fingerprint density at radius 3 is 2.94 bits per heavy atom. The number of ether oxygens (including phenoxy) is 1. The lowest BCUT2D eigenvalue weighted by Gasteiger charge is -2.16. The highest BCUT2D eigenvalue weighted by Gasteiger charge is 2.26. The van der Waals surface area contributed by atoms with Crippen molar-refractivity contribution in [3.8, 4) is 0 Å². The lowest BCUT2D eigenvalue weighted by atomic mass is 10.1. The van der Waals surface area contributed by atoms with Crippen molar-refractivity contribution in [3.63, 3.8) is 0 Å². The number of rotatable bonds is 2.